The molecular formula is C25H33BrN2O4. The standard InChI is InChI=1S/C25H33BrN2O4/c1-6-18(4)27-25(30)23(7-2)28(15-19-9-8-10-20(14-19)31-5)24(29)16-32-21-11-12-22(26)17(3)13-21/h8-14,18,23H,6-7,15-16H2,1-5H3,(H,27,30)/t18-,23+/m0/s1. The van der Waals surface area contributed by atoms with Gasteiger partial charge in [-0.2, -0.15) is 0 Å². The van der Waals surface area contributed by atoms with Crippen molar-refractivity contribution >= 4 is 27.7 Å². The fraction of sp³-hybridized carbons (Fsp3) is 0.440. The second-order valence-corrected chi connectivity index (χ2v) is 8.67. The molecule has 32 heavy (non-hydrogen) atoms. The molecule has 0 aliphatic heterocycles. The van der Waals surface area contributed by atoms with Crippen molar-refractivity contribution in [1.29, 1.82) is 0 Å². The third-order valence-electron chi connectivity index (χ3n) is 5.37. The predicted molar refractivity (Wildman–Crippen MR) is 130 cm³/mol. The fourth-order valence-electron chi connectivity index (χ4n) is 3.26. The summed E-state index contributed by atoms with van der Waals surface area (Å²) < 4.78 is 12.1. The van der Waals surface area contributed by atoms with Gasteiger partial charge in [-0.15, -0.1) is 0 Å². The van der Waals surface area contributed by atoms with Crippen LogP contribution in [-0.4, -0.2) is 42.5 Å². The van der Waals surface area contributed by atoms with E-state index in [4.69, 9.17) is 9.47 Å². The molecule has 0 aliphatic carbocycles. The Kier molecular flexibility index (Phi) is 10.0. The highest BCUT2D eigenvalue weighted by Crippen LogP contribution is 2.22. The third-order valence-corrected chi connectivity index (χ3v) is 6.26. The number of rotatable bonds is 11. The van der Waals surface area contributed by atoms with Crippen LogP contribution in [0, 0.1) is 6.92 Å². The smallest absolute Gasteiger partial charge is 0.261 e. The lowest BCUT2D eigenvalue weighted by Gasteiger charge is -2.31. The topological polar surface area (TPSA) is 67.9 Å². The highest BCUT2D eigenvalue weighted by Gasteiger charge is 2.29. The van der Waals surface area contributed by atoms with E-state index < -0.39 is 6.04 Å². The van der Waals surface area contributed by atoms with Crippen LogP contribution in [0.15, 0.2) is 46.9 Å². The van der Waals surface area contributed by atoms with E-state index in [2.05, 4.69) is 21.2 Å². The van der Waals surface area contributed by atoms with E-state index in [9.17, 15) is 9.59 Å². The Morgan fingerprint density at radius 2 is 1.84 bits per heavy atom. The summed E-state index contributed by atoms with van der Waals surface area (Å²) in [5.41, 5.74) is 1.90. The summed E-state index contributed by atoms with van der Waals surface area (Å²) in [6.45, 7) is 7.96. The van der Waals surface area contributed by atoms with Gasteiger partial charge in [0.2, 0.25) is 5.91 Å². The summed E-state index contributed by atoms with van der Waals surface area (Å²) in [5, 5.41) is 3.01. The quantitative estimate of drug-likeness (QED) is 0.474. The van der Waals surface area contributed by atoms with Gasteiger partial charge in [0.05, 0.1) is 7.11 Å². The van der Waals surface area contributed by atoms with Crippen molar-refractivity contribution in [1.82, 2.24) is 10.2 Å². The van der Waals surface area contributed by atoms with Crippen molar-refractivity contribution < 1.29 is 19.1 Å². The van der Waals surface area contributed by atoms with E-state index in [1.807, 2.05) is 70.2 Å². The molecule has 2 aromatic rings. The van der Waals surface area contributed by atoms with Crippen LogP contribution in [-0.2, 0) is 16.1 Å². The van der Waals surface area contributed by atoms with Gasteiger partial charge in [-0.25, -0.2) is 0 Å². The minimum atomic E-state index is -0.599. The number of aryl methyl sites for hydroxylation is 1. The highest BCUT2D eigenvalue weighted by atomic mass is 79.9. The zero-order valence-corrected chi connectivity index (χ0v) is 21.1. The van der Waals surface area contributed by atoms with Crippen LogP contribution in [0.1, 0.15) is 44.7 Å². The third kappa shape index (κ3) is 7.26. The summed E-state index contributed by atoms with van der Waals surface area (Å²) in [4.78, 5) is 27.8. The Bertz CT molecular complexity index is 919. The molecule has 0 aromatic heterocycles. The molecule has 2 atom stereocenters. The first-order valence-electron chi connectivity index (χ1n) is 10.9. The lowest BCUT2D eigenvalue weighted by molar-refractivity contribution is -0.143. The molecular weight excluding hydrogens is 472 g/mol. The van der Waals surface area contributed by atoms with Crippen molar-refractivity contribution in [3.8, 4) is 11.5 Å². The lowest BCUT2D eigenvalue weighted by Crippen LogP contribution is -2.51. The van der Waals surface area contributed by atoms with Gasteiger partial charge in [0, 0.05) is 17.1 Å². The summed E-state index contributed by atoms with van der Waals surface area (Å²) in [6.07, 6.45) is 1.31. The van der Waals surface area contributed by atoms with Crippen LogP contribution in [0.2, 0.25) is 0 Å². The zero-order valence-electron chi connectivity index (χ0n) is 19.5. The van der Waals surface area contributed by atoms with Gasteiger partial charge < -0.3 is 19.7 Å². The Labute approximate surface area is 199 Å². The average Bonchev–Trinajstić information content (AvgIpc) is 2.79. The maximum Gasteiger partial charge on any atom is 0.261 e. The SMILES string of the molecule is CC[C@H](C(=O)N[C@@H](C)CC)N(Cc1cccc(OC)c1)C(=O)COc1ccc(Br)c(C)c1. The van der Waals surface area contributed by atoms with Crippen LogP contribution in [0.4, 0.5) is 0 Å². The molecule has 0 spiro atoms. The first-order chi connectivity index (χ1) is 15.3. The molecule has 0 heterocycles. The number of hydrogen-bond acceptors (Lipinski definition) is 4. The van der Waals surface area contributed by atoms with E-state index in [-0.39, 0.29) is 31.0 Å². The fourth-order valence-corrected chi connectivity index (χ4v) is 3.51. The minimum absolute atomic E-state index is 0.0345. The highest BCUT2D eigenvalue weighted by molar-refractivity contribution is 9.10. The lowest BCUT2D eigenvalue weighted by atomic mass is 10.1. The molecule has 0 bridgehead atoms. The molecule has 2 amide bonds. The Morgan fingerprint density at radius 3 is 2.47 bits per heavy atom. The van der Waals surface area contributed by atoms with Crippen molar-refractivity contribution in [2.24, 2.45) is 0 Å². The molecule has 0 unspecified atom stereocenters. The number of halogens is 1. The number of hydrogen-bond donors (Lipinski definition) is 1. The van der Waals surface area contributed by atoms with Crippen LogP contribution < -0.4 is 14.8 Å². The normalized spacial score (nSPS) is 12.6. The van der Waals surface area contributed by atoms with E-state index in [0.717, 1.165) is 22.0 Å². The molecule has 0 saturated heterocycles. The summed E-state index contributed by atoms with van der Waals surface area (Å²) >= 11 is 3.47. The molecule has 0 aliphatic rings. The van der Waals surface area contributed by atoms with E-state index in [1.54, 1.807) is 12.0 Å². The number of carbonyl (C=O) groups is 2. The molecule has 0 radical (unpaired) electrons. The average molecular weight is 505 g/mol. The first-order valence-corrected chi connectivity index (χ1v) is 11.7. The molecule has 2 rings (SSSR count). The van der Waals surface area contributed by atoms with Crippen LogP contribution in [0.3, 0.4) is 0 Å². The molecule has 6 nitrogen and oxygen atoms in total. The van der Waals surface area contributed by atoms with Crippen LogP contribution >= 0.6 is 15.9 Å². The molecule has 7 heteroatoms. The zero-order chi connectivity index (χ0) is 23.7. The molecule has 174 valence electrons. The number of carbonyl (C=O) groups excluding carboxylic acids is 2. The Morgan fingerprint density at radius 1 is 1.09 bits per heavy atom. The minimum Gasteiger partial charge on any atom is -0.497 e. The Balaban J connectivity index is 2.24. The molecule has 2 aromatic carbocycles. The summed E-state index contributed by atoms with van der Waals surface area (Å²) in [7, 11) is 1.60. The number of amides is 2. The Hall–Kier alpha value is -2.54. The summed E-state index contributed by atoms with van der Waals surface area (Å²) in [5.74, 6) is 0.906. The molecule has 0 saturated carbocycles. The number of benzene rings is 2. The van der Waals surface area contributed by atoms with Gasteiger partial charge in [0.25, 0.3) is 5.91 Å². The van der Waals surface area contributed by atoms with E-state index >= 15 is 0 Å². The van der Waals surface area contributed by atoms with Gasteiger partial charge >= 0.3 is 0 Å². The van der Waals surface area contributed by atoms with Gasteiger partial charge in [-0.05, 0) is 68.1 Å². The summed E-state index contributed by atoms with van der Waals surface area (Å²) in [6, 6.07) is 12.5. The number of ether oxygens (including phenoxy) is 2. The first kappa shape index (κ1) is 25.7. The van der Waals surface area contributed by atoms with Gasteiger partial charge in [0.15, 0.2) is 6.61 Å². The van der Waals surface area contributed by atoms with Gasteiger partial charge in [-0.3, -0.25) is 9.59 Å². The molecule has 0 fully saturated rings. The van der Waals surface area contributed by atoms with E-state index in [1.165, 1.54) is 0 Å². The van der Waals surface area contributed by atoms with Crippen LogP contribution in [0.5, 0.6) is 11.5 Å². The maximum atomic E-state index is 13.3. The predicted octanol–water partition coefficient (Wildman–Crippen LogP) is 4.87. The van der Waals surface area contributed by atoms with Crippen LogP contribution in [0.25, 0.3) is 0 Å². The number of methoxy groups -OCH3 is 1. The number of nitrogens with one attached hydrogen (secondary N) is 1. The van der Waals surface area contributed by atoms with Gasteiger partial charge in [-0.1, -0.05) is 41.9 Å². The van der Waals surface area contributed by atoms with Crippen molar-refractivity contribution in [2.75, 3.05) is 13.7 Å². The second-order valence-electron chi connectivity index (χ2n) is 7.81. The van der Waals surface area contributed by atoms with E-state index in [0.29, 0.717) is 17.9 Å². The van der Waals surface area contributed by atoms with Gasteiger partial charge in [0.1, 0.15) is 17.5 Å². The monoisotopic (exact) mass is 504 g/mol. The maximum absolute atomic E-state index is 13.3. The van der Waals surface area contributed by atoms with Crippen molar-refractivity contribution in [2.45, 2.75) is 59.2 Å². The largest absolute Gasteiger partial charge is 0.497 e. The molecule has 1 N–H and O–H groups in total. The van der Waals surface area contributed by atoms with Crippen molar-refractivity contribution in [3.05, 3.63) is 58.1 Å². The van der Waals surface area contributed by atoms with Crippen molar-refractivity contribution in [3.63, 3.8) is 0 Å². The number of nitrogens with zero attached hydrogens (tertiary/aromatic N) is 1. The second kappa shape index (κ2) is 12.5.